The van der Waals surface area contributed by atoms with Crippen LogP contribution in [0, 0.1) is 11.3 Å². The topological polar surface area (TPSA) is 36.9 Å². The Morgan fingerprint density at radius 3 is 2.56 bits per heavy atom. The number of rotatable bonds is 5. The fraction of sp³-hybridized carbons (Fsp3) is 0.214. The first kappa shape index (κ1) is 13.1. The van der Waals surface area contributed by atoms with Crippen LogP contribution in [0.5, 0.6) is 0 Å². The van der Waals surface area contributed by atoms with Gasteiger partial charge in [0.05, 0.1) is 17.6 Å². The number of hydrogen-bond donors (Lipinski definition) is 0. The minimum atomic E-state index is 0.752. The lowest BCUT2D eigenvalue weighted by Crippen LogP contribution is -1.87. The highest BCUT2D eigenvalue weighted by Crippen LogP contribution is 2.32. The molecule has 2 rings (SSSR count). The third kappa shape index (κ3) is 3.12. The molecular formula is C14H13NOS2. The van der Waals surface area contributed by atoms with Crippen molar-refractivity contribution in [3.05, 3.63) is 47.9 Å². The van der Waals surface area contributed by atoms with Gasteiger partial charge in [0.25, 0.3) is 0 Å². The molecule has 0 N–H and O–H groups in total. The van der Waals surface area contributed by atoms with Crippen molar-refractivity contribution in [3.8, 4) is 6.07 Å². The second-order valence-electron chi connectivity index (χ2n) is 3.54. The van der Waals surface area contributed by atoms with Crippen LogP contribution >= 0.6 is 23.5 Å². The van der Waals surface area contributed by atoms with E-state index in [-0.39, 0.29) is 0 Å². The molecule has 0 saturated carbocycles. The van der Waals surface area contributed by atoms with Gasteiger partial charge in [-0.15, -0.1) is 23.5 Å². The van der Waals surface area contributed by atoms with E-state index in [0.717, 1.165) is 32.6 Å². The molecule has 0 spiro atoms. The Morgan fingerprint density at radius 2 is 1.94 bits per heavy atom. The van der Waals surface area contributed by atoms with Gasteiger partial charge in [0.2, 0.25) is 0 Å². The van der Waals surface area contributed by atoms with Crippen LogP contribution in [0.4, 0.5) is 0 Å². The maximum absolute atomic E-state index is 9.28. The Hall–Kier alpha value is -1.31. The van der Waals surface area contributed by atoms with E-state index in [1.165, 1.54) is 0 Å². The van der Waals surface area contributed by atoms with Crippen LogP contribution in [-0.2, 0) is 5.75 Å². The molecular weight excluding hydrogens is 262 g/mol. The van der Waals surface area contributed by atoms with Crippen molar-refractivity contribution in [1.29, 1.82) is 5.26 Å². The van der Waals surface area contributed by atoms with E-state index in [1.54, 1.807) is 29.8 Å². The number of furan rings is 1. The van der Waals surface area contributed by atoms with E-state index >= 15 is 0 Å². The Balaban J connectivity index is 2.17. The molecule has 0 aliphatic heterocycles. The molecule has 0 saturated heterocycles. The molecule has 0 atom stereocenters. The maximum atomic E-state index is 9.28. The quantitative estimate of drug-likeness (QED) is 0.750. The molecule has 0 aliphatic carbocycles. The summed E-state index contributed by atoms with van der Waals surface area (Å²) in [7, 11) is 0. The van der Waals surface area contributed by atoms with Crippen molar-refractivity contribution in [1.82, 2.24) is 0 Å². The highest BCUT2D eigenvalue weighted by atomic mass is 32.2. The van der Waals surface area contributed by atoms with Gasteiger partial charge in [-0.25, -0.2) is 0 Å². The number of nitriles is 1. The Morgan fingerprint density at radius 1 is 1.17 bits per heavy atom. The molecule has 0 aliphatic rings. The Kier molecular flexibility index (Phi) is 4.80. The van der Waals surface area contributed by atoms with E-state index in [2.05, 4.69) is 13.0 Å². The number of thioether (sulfide) groups is 2. The average molecular weight is 275 g/mol. The second-order valence-corrected chi connectivity index (χ2v) is 5.87. The third-order valence-corrected chi connectivity index (χ3v) is 4.37. The first-order valence-corrected chi connectivity index (χ1v) is 7.63. The summed E-state index contributed by atoms with van der Waals surface area (Å²) in [6.45, 7) is 2.09. The van der Waals surface area contributed by atoms with Crippen molar-refractivity contribution in [2.75, 3.05) is 5.75 Å². The zero-order chi connectivity index (χ0) is 12.8. The first-order chi connectivity index (χ1) is 8.85. The minimum Gasteiger partial charge on any atom is -0.468 e. The van der Waals surface area contributed by atoms with Gasteiger partial charge in [-0.1, -0.05) is 13.0 Å². The fourth-order valence-corrected chi connectivity index (χ4v) is 3.35. The molecule has 1 aromatic heterocycles. The first-order valence-electron chi connectivity index (χ1n) is 5.66. The van der Waals surface area contributed by atoms with Crippen molar-refractivity contribution in [3.63, 3.8) is 0 Å². The van der Waals surface area contributed by atoms with E-state index in [9.17, 15) is 5.26 Å². The van der Waals surface area contributed by atoms with Gasteiger partial charge in [0.15, 0.2) is 0 Å². The van der Waals surface area contributed by atoms with E-state index in [1.807, 2.05) is 30.3 Å². The lowest BCUT2D eigenvalue weighted by atomic mass is 10.2. The summed E-state index contributed by atoms with van der Waals surface area (Å²) >= 11 is 3.34. The second kappa shape index (κ2) is 6.58. The maximum Gasteiger partial charge on any atom is 0.113 e. The molecule has 0 fully saturated rings. The van der Waals surface area contributed by atoms with Crippen LogP contribution in [0.25, 0.3) is 0 Å². The van der Waals surface area contributed by atoms with Crippen LogP contribution in [-0.4, -0.2) is 5.75 Å². The third-order valence-electron chi connectivity index (χ3n) is 2.35. The SMILES string of the molecule is CCSc1cccc(SCc2ccco2)c1C#N. The lowest BCUT2D eigenvalue weighted by Gasteiger charge is -2.07. The highest BCUT2D eigenvalue weighted by Gasteiger charge is 2.09. The van der Waals surface area contributed by atoms with Gasteiger partial charge < -0.3 is 4.42 Å². The van der Waals surface area contributed by atoms with Crippen LogP contribution < -0.4 is 0 Å². The van der Waals surface area contributed by atoms with Gasteiger partial charge >= 0.3 is 0 Å². The molecule has 4 heteroatoms. The minimum absolute atomic E-state index is 0.752. The van der Waals surface area contributed by atoms with Gasteiger partial charge in [-0.3, -0.25) is 0 Å². The smallest absolute Gasteiger partial charge is 0.113 e. The van der Waals surface area contributed by atoms with Crippen molar-refractivity contribution < 1.29 is 4.42 Å². The summed E-state index contributed by atoms with van der Waals surface area (Å²) in [6.07, 6.45) is 1.67. The average Bonchev–Trinajstić information content (AvgIpc) is 2.90. The largest absolute Gasteiger partial charge is 0.468 e. The molecule has 0 unspecified atom stereocenters. The van der Waals surface area contributed by atoms with Crippen LogP contribution in [0.15, 0.2) is 50.8 Å². The van der Waals surface area contributed by atoms with Crippen LogP contribution in [0.1, 0.15) is 18.2 Å². The standard InChI is InChI=1S/C14H13NOS2/c1-2-17-13-6-3-7-14(12(13)9-15)18-10-11-5-4-8-16-11/h3-8H,2,10H2,1H3. The van der Waals surface area contributed by atoms with Crippen LogP contribution in [0.2, 0.25) is 0 Å². The zero-order valence-electron chi connectivity index (χ0n) is 10.1. The van der Waals surface area contributed by atoms with E-state index in [4.69, 9.17) is 4.42 Å². The molecule has 18 heavy (non-hydrogen) atoms. The zero-order valence-corrected chi connectivity index (χ0v) is 11.7. The van der Waals surface area contributed by atoms with Gasteiger partial charge in [-0.2, -0.15) is 5.26 Å². The summed E-state index contributed by atoms with van der Waals surface area (Å²) in [5.74, 6) is 2.65. The van der Waals surface area contributed by atoms with Crippen molar-refractivity contribution in [2.45, 2.75) is 22.5 Å². The summed E-state index contributed by atoms with van der Waals surface area (Å²) in [5, 5.41) is 9.28. The highest BCUT2D eigenvalue weighted by molar-refractivity contribution is 7.99. The normalized spacial score (nSPS) is 10.2. The van der Waals surface area contributed by atoms with E-state index < -0.39 is 0 Å². The predicted molar refractivity (Wildman–Crippen MR) is 75.8 cm³/mol. The van der Waals surface area contributed by atoms with Crippen LogP contribution in [0.3, 0.4) is 0 Å². The van der Waals surface area contributed by atoms with Gasteiger partial charge in [0.1, 0.15) is 11.8 Å². The van der Waals surface area contributed by atoms with Gasteiger partial charge in [-0.05, 0) is 30.0 Å². The predicted octanol–water partition coefficient (Wildman–Crippen LogP) is 4.56. The number of nitrogens with zero attached hydrogens (tertiary/aromatic N) is 1. The molecule has 0 radical (unpaired) electrons. The molecule has 92 valence electrons. The molecule has 1 aromatic carbocycles. The molecule has 2 nitrogen and oxygen atoms in total. The Bertz CT molecular complexity index is 543. The number of hydrogen-bond acceptors (Lipinski definition) is 4. The lowest BCUT2D eigenvalue weighted by molar-refractivity contribution is 0.530. The molecule has 0 amide bonds. The molecule has 1 heterocycles. The monoisotopic (exact) mass is 275 g/mol. The van der Waals surface area contributed by atoms with Crippen molar-refractivity contribution >= 4 is 23.5 Å². The summed E-state index contributed by atoms with van der Waals surface area (Å²) in [4.78, 5) is 2.08. The number of benzene rings is 1. The Labute approximate surface area is 115 Å². The van der Waals surface area contributed by atoms with E-state index in [0.29, 0.717) is 0 Å². The fourth-order valence-electron chi connectivity index (χ4n) is 1.56. The molecule has 2 aromatic rings. The summed E-state index contributed by atoms with van der Waals surface area (Å²) in [6, 6.07) is 12.1. The van der Waals surface area contributed by atoms with Crippen molar-refractivity contribution in [2.24, 2.45) is 0 Å². The summed E-state index contributed by atoms with van der Waals surface area (Å²) in [5.41, 5.74) is 0.779. The summed E-state index contributed by atoms with van der Waals surface area (Å²) < 4.78 is 5.30. The molecule has 0 bridgehead atoms. The van der Waals surface area contributed by atoms with Gasteiger partial charge in [0, 0.05) is 9.79 Å².